The van der Waals surface area contributed by atoms with Gasteiger partial charge < -0.3 is 10.2 Å². The van der Waals surface area contributed by atoms with Crippen LogP contribution in [0.15, 0.2) is 78.9 Å². The molecule has 0 saturated carbocycles. The first-order valence-electron chi connectivity index (χ1n) is 11.8. The van der Waals surface area contributed by atoms with Gasteiger partial charge in [0.15, 0.2) is 5.54 Å². The summed E-state index contributed by atoms with van der Waals surface area (Å²) >= 11 is 0. The molecule has 0 bridgehead atoms. The van der Waals surface area contributed by atoms with E-state index in [2.05, 4.69) is 5.32 Å². The molecule has 36 heavy (non-hydrogen) atoms. The number of carbonyl (C=O) groups excluding carboxylic acids is 2. The molecule has 7 nitrogen and oxygen atoms in total. The van der Waals surface area contributed by atoms with E-state index in [0.717, 1.165) is 21.6 Å². The number of fused-ring (bicyclic) bond motifs is 1. The van der Waals surface area contributed by atoms with E-state index < -0.39 is 47.8 Å². The number of carbonyl (C=O) groups is 3. The Morgan fingerprint density at radius 3 is 2.14 bits per heavy atom. The standard InChI is InChI=1S/C29H26N2O5/c1-18-7-5-6-10-22(18)31-26(33)23-24(27(31)34)29(17-32,28(35)36)30-25(23)21-15-13-20(14-16-21)12-11-19-8-3-2-4-9-19/h2-16,23-25,30,32H,17H2,1H3,(H,35,36). The first kappa shape index (κ1) is 23.7. The highest BCUT2D eigenvalue weighted by Gasteiger charge is 2.68. The van der Waals surface area contributed by atoms with Crippen LogP contribution in [0, 0.1) is 18.8 Å². The molecule has 0 spiro atoms. The summed E-state index contributed by atoms with van der Waals surface area (Å²) in [4.78, 5) is 40.7. The number of aryl methyl sites for hydroxylation is 1. The van der Waals surface area contributed by atoms with Gasteiger partial charge in [-0.25, -0.2) is 4.90 Å². The first-order valence-corrected chi connectivity index (χ1v) is 11.8. The molecule has 2 heterocycles. The minimum absolute atomic E-state index is 0.430. The second kappa shape index (κ2) is 9.18. The van der Waals surface area contributed by atoms with Crippen LogP contribution in [0.25, 0.3) is 12.2 Å². The second-order valence-corrected chi connectivity index (χ2v) is 9.27. The minimum Gasteiger partial charge on any atom is -0.480 e. The number of para-hydroxylation sites is 1. The van der Waals surface area contributed by atoms with Gasteiger partial charge in [-0.1, -0.05) is 84.9 Å². The van der Waals surface area contributed by atoms with E-state index in [1.54, 1.807) is 31.2 Å². The zero-order valence-electron chi connectivity index (χ0n) is 19.7. The van der Waals surface area contributed by atoms with Crippen molar-refractivity contribution in [3.05, 3.63) is 101 Å². The predicted octanol–water partition coefficient (Wildman–Crippen LogP) is 3.43. The SMILES string of the molecule is Cc1ccccc1N1C(=O)C2C(c3ccc(C=Cc4ccccc4)cc3)NC(CO)(C(=O)O)C2C1=O. The Labute approximate surface area is 208 Å². The molecule has 3 aromatic carbocycles. The highest BCUT2D eigenvalue weighted by Crippen LogP contribution is 2.50. The van der Waals surface area contributed by atoms with Crippen molar-refractivity contribution in [2.75, 3.05) is 11.5 Å². The van der Waals surface area contributed by atoms with Crippen molar-refractivity contribution in [2.24, 2.45) is 11.8 Å². The summed E-state index contributed by atoms with van der Waals surface area (Å²) in [5, 5.41) is 23.3. The van der Waals surface area contributed by atoms with Gasteiger partial charge in [-0.2, -0.15) is 0 Å². The average Bonchev–Trinajstić information content (AvgIpc) is 3.38. The number of aliphatic hydroxyl groups is 1. The van der Waals surface area contributed by atoms with Gasteiger partial charge in [0.05, 0.1) is 24.1 Å². The van der Waals surface area contributed by atoms with Gasteiger partial charge in [0.1, 0.15) is 0 Å². The molecule has 4 atom stereocenters. The van der Waals surface area contributed by atoms with Crippen molar-refractivity contribution in [1.82, 2.24) is 5.32 Å². The van der Waals surface area contributed by atoms with Gasteiger partial charge in [0, 0.05) is 6.04 Å². The number of anilines is 1. The van der Waals surface area contributed by atoms with Gasteiger partial charge in [-0.3, -0.25) is 19.7 Å². The summed E-state index contributed by atoms with van der Waals surface area (Å²) in [6, 6.07) is 23.5. The normalized spacial score (nSPS) is 25.5. The molecular weight excluding hydrogens is 456 g/mol. The zero-order valence-corrected chi connectivity index (χ0v) is 19.7. The summed E-state index contributed by atoms with van der Waals surface area (Å²) in [5.41, 5.74) is 1.85. The number of carboxylic acids is 1. The minimum atomic E-state index is -1.97. The van der Waals surface area contributed by atoms with Crippen LogP contribution >= 0.6 is 0 Å². The fourth-order valence-corrected chi connectivity index (χ4v) is 5.32. The van der Waals surface area contributed by atoms with Crippen molar-refractivity contribution in [1.29, 1.82) is 0 Å². The lowest BCUT2D eigenvalue weighted by atomic mass is 9.79. The monoisotopic (exact) mass is 482 g/mol. The third kappa shape index (κ3) is 3.73. The molecule has 0 aromatic heterocycles. The van der Waals surface area contributed by atoms with Gasteiger partial charge in [-0.05, 0) is 35.2 Å². The Kier molecular flexibility index (Phi) is 6.04. The summed E-state index contributed by atoms with van der Waals surface area (Å²) in [5.74, 6) is -4.66. The van der Waals surface area contributed by atoms with Crippen molar-refractivity contribution in [2.45, 2.75) is 18.5 Å². The number of amides is 2. The van der Waals surface area contributed by atoms with Crippen LogP contribution < -0.4 is 10.2 Å². The topological polar surface area (TPSA) is 107 Å². The molecule has 2 aliphatic heterocycles. The van der Waals surface area contributed by atoms with E-state index >= 15 is 0 Å². The van der Waals surface area contributed by atoms with Crippen molar-refractivity contribution >= 4 is 35.6 Å². The maximum absolute atomic E-state index is 13.7. The van der Waals surface area contributed by atoms with Crippen LogP contribution in [0.3, 0.4) is 0 Å². The first-order chi connectivity index (χ1) is 17.4. The Morgan fingerprint density at radius 1 is 0.917 bits per heavy atom. The number of hydrogen-bond acceptors (Lipinski definition) is 5. The van der Waals surface area contributed by atoms with Gasteiger partial charge in [0.2, 0.25) is 11.8 Å². The molecule has 2 saturated heterocycles. The number of aliphatic hydroxyl groups excluding tert-OH is 1. The van der Waals surface area contributed by atoms with Crippen LogP contribution in [-0.2, 0) is 14.4 Å². The lowest BCUT2D eigenvalue weighted by Crippen LogP contribution is -2.58. The van der Waals surface area contributed by atoms with Gasteiger partial charge in [-0.15, -0.1) is 0 Å². The summed E-state index contributed by atoms with van der Waals surface area (Å²) in [7, 11) is 0. The molecule has 3 aromatic rings. The number of carboxylic acid groups (broad SMARTS) is 1. The molecule has 3 N–H and O–H groups in total. The van der Waals surface area contributed by atoms with E-state index in [-0.39, 0.29) is 0 Å². The smallest absolute Gasteiger partial charge is 0.327 e. The number of aliphatic carboxylic acids is 1. The Bertz CT molecular complexity index is 1350. The molecule has 2 amide bonds. The fourth-order valence-electron chi connectivity index (χ4n) is 5.32. The number of rotatable bonds is 6. The average molecular weight is 483 g/mol. The van der Waals surface area contributed by atoms with Crippen LogP contribution in [0.4, 0.5) is 5.69 Å². The van der Waals surface area contributed by atoms with E-state index in [1.807, 2.05) is 66.7 Å². The van der Waals surface area contributed by atoms with Crippen LogP contribution in [0.2, 0.25) is 0 Å². The molecule has 2 aliphatic rings. The molecule has 0 radical (unpaired) electrons. The molecular formula is C29H26N2O5. The molecule has 0 aliphatic carbocycles. The number of imide groups is 1. The lowest BCUT2D eigenvalue weighted by Gasteiger charge is -2.29. The Balaban J connectivity index is 1.51. The fraction of sp³-hybridized carbons (Fsp3) is 0.207. The summed E-state index contributed by atoms with van der Waals surface area (Å²) < 4.78 is 0. The quantitative estimate of drug-likeness (QED) is 0.367. The Morgan fingerprint density at radius 2 is 1.53 bits per heavy atom. The van der Waals surface area contributed by atoms with E-state index in [0.29, 0.717) is 11.3 Å². The lowest BCUT2D eigenvalue weighted by molar-refractivity contribution is -0.150. The molecule has 5 rings (SSSR count). The third-order valence-electron chi connectivity index (χ3n) is 7.20. The highest BCUT2D eigenvalue weighted by molar-refractivity contribution is 6.24. The van der Waals surface area contributed by atoms with E-state index in [1.165, 1.54) is 0 Å². The van der Waals surface area contributed by atoms with E-state index in [4.69, 9.17) is 0 Å². The maximum atomic E-state index is 13.7. The largest absolute Gasteiger partial charge is 0.480 e. The van der Waals surface area contributed by atoms with Crippen molar-refractivity contribution < 1.29 is 24.6 Å². The highest BCUT2D eigenvalue weighted by atomic mass is 16.4. The van der Waals surface area contributed by atoms with Crippen LogP contribution in [0.5, 0.6) is 0 Å². The Hall–Kier alpha value is -4.07. The number of nitrogens with zero attached hydrogens (tertiary/aromatic N) is 1. The number of benzene rings is 3. The van der Waals surface area contributed by atoms with Crippen molar-refractivity contribution in [3.63, 3.8) is 0 Å². The van der Waals surface area contributed by atoms with Crippen LogP contribution in [-0.4, -0.2) is 40.1 Å². The van der Waals surface area contributed by atoms with Crippen LogP contribution in [0.1, 0.15) is 28.3 Å². The van der Waals surface area contributed by atoms with Gasteiger partial charge >= 0.3 is 5.97 Å². The number of hydrogen-bond donors (Lipinski definition) is 3. The van der Waals surface area contributed by atoms with Gasteiger partial charge in [0.25, 0.3) is 0 Å². The molecule has 2 fully saturated rings. The molecule has 7 heteroatoms. The summed E-state index contributed by atoms with van der Waals surface area (Å²) in [6.07, 6.45) is 3.95. The molecule has 182 valence electrons. The molecule has 4 unspecified atom stereocenters. The maximum Gasteiger partial charge on any atom is 0.327 e. The van der Waals surface area contributed by atoms with Crippen molar-refractivity contribution in [3.8, 4) is 0 Å². The number of nitrogens with one attached hydrogen (secondary N) is 1. The van der Waals surface area contributed by atoms with E-state index in [9.17, 15) is 24.6 Å². The predicted molar refractivity (Wildman–Crippen MR) is 136 cm³/mol. The zero-order chi connectivity index (χ0) is 25.4. The second-order valence-electron chi connectivity index (χ2n) is 9.27. The summed E-state index contributed by atoms with van der Waals surface area (Å²) in [6.45, 7) is 0.969. The third-order valence-corrected chi connectivity index (χ3v) is 7.20.